The fourth-order valence-corrected chi connectivity index (χ4v) is 1.97. The normalized spacial score (nSPS) is 10.9. The molecule has 0 aliphatic heterocycles. The number of hydrogen-bond donors (Lipinski definition) is 1. The van der Waals surface area contributed by atoms with Gasteiger partial charge in [0.15, 0.2) is 5.82 Å². The van der Waals surface area contributed by atoms with Crippen LogP contribution in [0.1, 0.15) is 17.2 Å². The van der Waals surface area contributed by atoms with E-state index in [2.05, 4.69) is 10.2 Å². The van der Waals surface area contributed by atoms with Gasteiger partial charge in [-0.05, 0) is 17.7 Å². The molecule has 0 unspecified atom stereocenters. The van der Waals surface area contributed by atoms with E-state index < -0.39 is 0 Å². The zero-order valence-electron chi connectivity index (χ0n) is 10.7. The number of aromatic nitrogens is 3. The van der Waals surface area contributed by atoms with Gasteiger partial charge >= 0.3 is 0 Å². The van der Waals surface area contributed by atoms with Crippen LogP contribution in [0.5, 0.6) is 0 Å². The van der Waals surface area contributed by atoms with E-state index in [1.165, 1.54) is 0 Å². The fourth-order valence-electron chi connectivity index (χ4n) is 1.85. The zero-order valence-corrected chi connectivity index (χ0v) is 11.5. The van der Waals surface area contributed by atoms with Gasteiger partial charge in [0.1, 0.15) is 12.4 Å². The van der Waals surface area contributed by atoms with Gasteiger partial charge in [0, 0.05) is 25.1 Å². The molecule has 102 valence electrons. The third-order valence-electron chi connectivity index (χ3n) is 2.84. The van der Waals surface area contributed by atoms with E-state index in [0.717, 1.165) is 11.4 Å². The molecule has 2 rings (SSSR count). The van der Waals surface area contributed by atoms with Gasteiger partial charge in [-0.25, -0.2) is 0 Å². The molecule has 6 heteroatoms. The summed E-state index contributed by atoms with van der Waals surface area (Å²) in [7, 11) is 1.64. The van der Waals surface area contributed by atoms with E-state index in [9.17, 15) is 5.11 Å². The number of rotatable bonds is 6. The summed E-state index contributed by atoms with van der Waals surface area (Å²) in [6.07, 6.45) is 0.647. The lowest BCUT2D eigenvalue weighted by Gasteiger charge is -2.08. The smallest absolute Gasteiger partial charge is 0.158 e. The Hall–Kier alpha value is -1.43. The van der Waals surface area contributed by atoms with E-state index in [1.807, 2.05) is 28.8 Å². The molecule has 19 heavy (non-hydrogen) atoms. The highest BCUT2D eigenvalue weighted by molar-refractivity contribution is 6.30. The van der Waals surface area contributed by atoms with E-state index >= 15 is 0 Å². The summed E-state index contributed by atoms with van der Waals surface area (Å²) >= 11 is 5.86. The molecule has 0 saturated heterocycles. The van der Waals surface area contributed by atoms with Crippen LogP contribution in [0.2, 0.25) is 5.02 Å². The Labute approximate surface area is 116 Å². The first-order valence-electron chi connectivity index (χ1n) is 5.99. The van der Waals surface area contributed by atoms with Crippen molar-refractivity contribution in [3.05, 3.63) is 46.5 Å². The summed E-state index contributed by atoms with van der Waals surface area (Å²) in [4.78, 5) is 0. The van der Waals surface area contributed by atoms with Crippen LogP contribution in [-0.2, 0) is 24.3 Å². The van der Waals surface area contributed by atoms with Crippen LogP contribution < -0.4 is 0 Å². The molecule has 0 saturated carbocycles. The van der Waals surface area contributed by atoms with E-state index in [4.69, 9.17) is 16.3 Å². The maximum absolute atomic E-state index is 9.25. The van der Waals surface area contributed by atoms with Crippen molar-refractivity contribution >= 4 is 11.6 Å². The predicted molar refractivity (Wildman–Crippen MR) is 72.1 cm³/mol. The monoisotopic (exact) mass is 281 g/mol. The summed E-state index contributed by atoms with van der Waals surface area (Å²) in [5.41, 5.74) is 1.10. The number of halogens is 1. The lowest BCUT2D eigenvalue weighted by molar-refractivity contribution is 0.181. The Bertz CT molecular complexity index is 525. The van der Waals surface area contributed by atoms with Crippen molar-refractivity contribution in [1.82, 2.24) is 14.8 Å². The summed E-state index contributed by atoms with van der Waals surface area (Å²) in [5, 5.41) is 18.1. The number of methoxy groups -OCH3 is 1. The second kappa shape index (κ2) is 6.65. The number of aliphatic hydroxyl groups excluding tert-OH is 1. The molecule has 0 bridgehead atoms. The highest BCUT2D eigenvalue weighted by Gasteiger charge is 2.11. The second-order valence-corrected chi connectivity index (χ2v) is 4.57. The van der Waals surface area contributed by atoms with E-state index in [0.29, 0.717) is 30.4 Å². The molecule has 1 heterocycles. The number of ether oxygens (including phenoxy) is 1. The third-order valence-corrected chi connectivity index (χ3v) is 3.09. The van der Waals surface area contributed by atoms with Crippen LogP contribution in [0.25, 0.3) is 0 Å². The minimum absolute atomic E-state index is 0.128. The van der Waals surface area contributed by atoms with Crippen molar-refractivity contribution in [1.29, 1.82) is 0 Å². The summed E-state index contributed by atoms with van der Waals surface area (Å²) in [6.45, 7) is 1.05. The first-order chi connectivity index (χ1) is 9.24. The van der Waals surface area contributed by atoms with Crippen molar-refractivity contribution in [2.75, 3.05) is 13.7 Å². The predicted octanol–water partition coefficient (Wildman–Crippen LogP) is 1.66. The highest BCUT2D eigenvalue weighted by atomic mass is 35.5. The highest BCUT2D eigenvalue weighted by Crippen LogP contribution is 2.13. The lowest BCUT2D eigenvalue weighted by atomic mass is 10.1. The Morgan fingerprint density at radius 1 is 1.21 bits per heavy atom. The van der Waals surface area contributed by atoms with Gasteiger partial charge in [-0.1, -0.05) is 23.7 Å². The standard InChI is InChI=1S/C13H16ClN3O2/c1-19-7-6-17-12(15-16-13(17)9-18)8-10-2-4-11(14)5-3-10/h2-5,18H,6-9H2,1H3. The number of aliphatic hydroxyl groups is 1. The molecule has 0 fully saturated rings. The third kappa shape index (κ3) is 3.53. The minimum Gasteiger partial charge on any atom is -0.388 e. The molecule has 5 nitrogen and oxygen atoms in total. The molecule has 0 amide bonds. The van der Waals surface area contributed by atoms with Crippen LogP contribution in [0, 0.1) is 0 Å². The van der Waals surface area contributed by atoms with Crippen LogP contribution in [-0.4, -0.2) is 33.6 Å². The molecule has 0 radical (unpaired) electrons. The summed E-state index contributed by atoms with van der Waals surface area (Å²) < 4.78 is 6.95. The zero-order chi connectivity index (χ0) is 13.7. The lowest BCUT2D eigenvalue weighted by Crippen LogP contribution is -2.12. The number of hydrogen-bond acceptors (Lipinski definition) is 4. The van der Waals surface area contributed by atoms with Gasteiger partial charge in [0.2, 0.25) is 0 Å². The molecule has 0 atom stereocenters. The molecule has 1 aromatic heterocycles. The topological polar surface area (TPSA) is 60.2 Å². The Morgan fingerprint density at radius 3 is 2.53 bits per heavy atom. The molecule has 1 N–H and O–H groups in total. The van der Waals surface area contributed by atoms with Gasteiger partial charge in [-0.15, -0.1) is 10.2 Å². The van der Waals surface area contributed by atoms with Gasteiger partial charge < -0.3 is 14.4 Å². The second-order valence-electron chi connectivity index (χ2n) is 4.14. The largest absolute Gasteiger partial charge is 0.388 e. The molecule has 0 aliphatic carbocycles. The molecule has 0 spiro atoms. The van der Waals surface area contributed by atoms with Gasteiger partial charge in [0.25, 0.3) is 0 Å². The maximum Gasteiger partial charge on any atom is 0.158 e. The molecule has 1 aromatic carbocycles. The van der Waals surface area contributed by atoms with Gasteiger partial charge in [-0.2, -0.15) is 0 Å². The average Bonchev–Trinajstić information content (AvgIpc) is 2.81. The number of nitrogens with zero attached hydrogens (tertiary/aromatic N) is 3. The fraction of sp³-hybridized carbons (Fsp3) is 0.385. The van der Waals surface area contributed by atoms with E-state index in [-0.39, 0.29) is 6.61 Å². The number of benzene rings is 1. The minimum atomic E-state index is -0.128. The van der Waals surface area contributed by atoms with Crippen molar-refractivity contribution in [2.45, 2.75) is 19.6 Å². The van der Waals surface area contributed by atoms with Crippen LogP contribution in [0.3, 0.4) is 0 Å². The summed E-state index contributed by atoms with van der Waals surface area (Å²) in [5.74, 6) is 1.37. The molecule has 2 aromatic rings. The average molecular weight is 282 g/mol. The van der Waals surface area contributed by atoms with Crippen molar-refractivity contribution in [3.63, 3.8) is 0 Å². The maximum atomic E-state index is 9.25. The van der Waals surface area contributed by atoms with Crippen molar-refractivity contribution in [2.24, 2.45) is 0 Å². The van der Waals surface area contributed by atoms with Gasteiger partial charge in [-0.3, -0.25) is 0 Å². The van der Waals surface area contributed by atoms with Crippen molar-refractivity contribution in [3.8, 4) is 0 Å². The molecular weight excluding hydrogens is 266 g/mol. The molecular formula is C13H16ClN3O2. The Kier molecular flexibility index (Phi) is 4.90. The molecule has 0 aliphatic rings. The summed E-state index contributed by atoms with van der Waals surface area (Å²) in [6, 6.07) is 7.60. The SMILES string of the molecule is COCCn1c(CO)nnc1Cc1ccc(Cl)cc1. The Morgan fingerprint density at radius 2 is 1.89 bits per heavy atom. The van der Waals surface area contributed by atoms with E-state index in [1.54, 1.807) is 7.11 Å². The van der Waals surface area contributed by atoms with Crippen LogP contribution in [0.4, 0.5) is 0 Å². The Balaban J connectivity index is 2.19. The quantitative estimate of drug-likeness (QED) is 0.875. The first kappa shape index (κ1) is 14.0. The van der Waals surface area contributed by atoms with Crippen LogP contribution in [0.15, 0.2) is 24.3 Å². The van der Waals surface area contributed by atoms with Gasteiger partial charge in [0.05, 0.1) is 6.61 Å². The van der Waals surface area contributed by atoms with Crippen molar-refractivity contribution < 1.29 is 9.84 Å². The van der Waals surface area contributed by atoms with Crippen LogP contribution >= 0.6 is 11.6 Å². The first-order valence-corrected chi connectivity index (χ1v) is 6.37.